The summed E-state index contributed by atoms with van der Waals surface area (Å²) in [6.07, 6.45) is 0. The standard InChI is InChI=1S/C18H24N6O/c1-11(2)10-24-14(9-20-18(25)23(3)4)22-15-16(24)12-7-5-6-8-13(12)21-17(15)19/h5-8,11H,9-10H2,1-4H3,(H2,19,21)(H,20,25). The van der Waals surface area contributed by atoms with Crippen molar-refractivity contribution in [1.29, 1.82) is 0 Å². The van der Waals surface area contributed by atoms with E-state index in [0.29, 0.717) is 23.8 Å². The average molecular weight is 340 g/mol. The molecular weight excluding hydrogens is 316 g/mol. The molecule has 3 aromatic rings. The van der Waals surface area contributed by atoms with Gasteiger partial charge in [0.2, 0.25) is 0 Å². The molecule has 2 amide bonds. The lowest BCUT2D eigenvalue weighted by molar-refractivity contribution is 0.216. The molecule has 0 aliphatic carbocycles. The van der Waals surface area contributed by atoms with Crippen molar-refractivity contribution in [3.63, 3.8) is 0 Å². The summed E-state index contributed by atoms with van der Waals surface area (Å²) in [6.45, 7) is 5.44. The predicted octanol–water partition coefficient (Wildman–Crippen LogP) is 2.59. The third-order valence-electron chi connectivity index (χ3n) is 4.04. The zero-order valence-electron chi connectivity index (χ0n) is 15.1. The Balaban J connectivity index is 2.17. The summed E-state index contributed by atoms with van der Waals surface area (Å²) in [7, 11) is 3.42. The van der Waals surface area contributed by atoms with Gasteiger partial charge < -0.3 is 20.5 Å². The van der Waals surface area contributed by atoms with Crippen LogP contribution in [0.2, 0.25) is 0 Å². The number of aromatic nitrogens is 3. The van der Waals surface area contributed by atoms with Crippen LogP contribution >= 0.6 is 0 Å². The van der Waals surface area contributed by atoms with Gasteiger partial charge in [-0.15, -0.1) is 0 Å². The largest absolute Gasteiger partial charge is 0.382 e. The van der Waals surface area contributed by atoms with Crippen LogP contribution < -0.4 is 11.1 Å². The minimum Gasteiger partial charge on any atom is -0.382 e. The number of carbonyl (C=O) groups is 1. The molecule has 0 aliphatic rings. The monoisotopic (exact) mass is 340 g/mol. The van der Waals surface area contributed by atoms with E-state index in [1.165, 1.54) is 4.90 Å². The highest BCUT2D eigenvalue weighted by Gasteiger charge is 2.18. The molecule has 2 heterocycles. The number of amides is 2. The van der Waals surface area contributed by atoms with Crippen LogP contribution in [0, 0.1) is 5.92 Å². The number of benzene rings is 1. The van der Waals surface area contributed by atoms with Gasteiger partial charge in [0.15, 0.2) is 5.82 Å². The van der Waals surface area contributed by atoms with Gasteiger partial charge in [-0.25, -0.2) is 14.8 Å². The van der Waals surface area contributed by atoms with E-state index in [0.717, 1.165) is 28.8 Å². The summed E-state index contributed by atoms with van der Waals surface area (Å²) < 4.78 is 2.15. The normalized spacial score (nSPS) is 11.4. The number of nitrogens with two attached hydrogens (primary N) is 1. The Morgan fingerprint density at radius 3 is 2.68 bits per heavy atom. The van der Waals surface area contributed by atoms with Crippen LogP contribution in [-0.2, 0) is 13.1 Å². The minimum absolute atomic E-state index is 0.154. The van der Waals surface area contributed by atoms with E-state index in [9.17, 15) is 4.79 Å². The smallest absolute Gasteiger partial charge is 0.317 e. The van der Waals surface area contributed by atoms with E-state index >= 15 is 0 Å². The second-order valence-corrected chi connectivity index (χ2v) is 6.80. The summed E-state index contributed by atoms with van der Waals surface area (Å²) >= 11 is 0. The molecule has 2 aromatic heterocycles. The van der Waals surface area contributed by atoms with Crippen LogP contribution in [0.4, 0.5) is 10.6 Å². The van der Waals surface area contributed by atoms with Crippen LogP contribution in [0.1, 0.15) is 19.7 Å². The van der Waals surface area contributed by atoms with Crippen LogP contribution in [0.3, 0.4) is 0 Å². The molecule has 0 saturated carbocycles. The fraction of sp³-hybridized carbons (Fsp3) is 0.389. The first kappa shape index (κ1) is 17.0. The lowest BCUT2D eigenvalue weighted by Crippen LogP contribution is -2.34. The predicted molar refractivity (Wildman–Crippen MR) is 100 cm³/mol. The second kappa shape index (κ2) is 6.58. The first-order valence-corrected chi connectivity index (χ1v) is 8.37. The molecule has 0 spiro atoms. The SMILES string of the molecule is CC(C)Cn1c(CNC(=O)N(C)C)nc2c(N)nc3ccccc3c21. The number of nitrogens with one attached hydrogen (secondary N) is 1. The van der Waals surface area contributed by atoms with E-state index < -0.39 is 0 Å². The highest BCUT2D eigenvalue weighted by Crippen LogP contribution is 2.29. The molecule has 0 radical (unpaired) electrons. The summed E-state index contributed by atoms with van der Waals surface area (Å²) in [5.41, 5.74) is 8.67. The zero-order chi connectivity index (χ0) is 18.1. The third kappa shape index (κ3) is 3.22. The molecule has 0 bridgehead atoms. The Labute approximate surface area is 146 Å². The van der Waals surface area contributed by atoms with Gasteiger partial charge >= 0.3 is 6.03 Å². The first-order chi connectivity index (χ1) is 11.9. The average Bonchev–Trinajstić information content (AvgIpc) is 2.91. The van der Waals surface area contributed by atoms with Crippen molar-refractivity contribution in [3.05, 3.63) is 30.1 Å². The Bertz CT molecular complexity index is 928. The number of hydrogen-bond donors (Lipinski definition) is 2. The van der Waals surface area contributed by atoms with Crippen molar-refractivity contribution in [1.82, 2.24) is 24.8 Å². The van der Waals surface area contributed by atoms with Crippen LogP contribution in [0.15, 0.2) is 24.3 Å². The number of anilines is 1. The molecule has 132 valence electrons. The fourth-order valence-corrected chi connectivity index (χ4v) is 2.91. The van der Waals surface area contributed by atoms with E-state index in [1.807, 2.05) is 24.3 Å². The molecular formula is C18H24N6O. The lowest BCUT2D eigenvalue weighted by Gasteiger charge is -2.15. The lowest BCUT2D eigenvalue weighted by atomic mass is 10.1. The van der Waals surface area contributed by atoms with E-state index in [4.69, 9.17) is 5.73 Å². The number of imidazole rings is 1. The summed E-state index contributed by atoms with van der Waals surface area (Å²) in [5, 5.41) is 3.90. The van der Waals surface area contributed by atoms with E-state index in [-0.39, 0.29) is 6.03 Å². The highest BCUT2D eigenvalue weighted by molar-refractivity contribution is 6.06. The number of fused-ring (bicyclic) bond motifs is 3. The number of urea groups is 1. The molecule has 7 heteroatoms. The minimum atomic E-state index is -0.154. The number of pyridine rings is 1. The fourth-order valence-electron chi connectivity index (χ4n) is 2.91. The van der Waals surface area contributed by atoms with Gasteiger partial charge in [-0.1, -0.05) is 32.0 Å². The van der Waals surface area contributed by atoms with E-state index in [2.05, 4.69) is 33.7 Å². The molecule has 0 fully saturated rings. The van der Waals surface area contributed by atoms with Crippen molar-refractivity contribution in [2.75, 3.05) is 19.8 Å². The van der Waals surface area contributed by atoms with Crippen molar-refractivity contribution < 1.29 is 4.79 Å². The number of hydrogen-bond acceptors (Lipinski definition) is 4. The number of rotatable bonds is 4. The van der Waals surface area contributed by atoms with Gasteiger partial charge in [-0.2, -0.15) is 0 Å². The van der Waals surface area contributed by atoms with Gasteiger partial charge in [0.1, 0.15) is 11.3 Å². The highest BCUT2D eigenvalue weighted by atomic mass is 16.2. The first-order valence-electron chi connectivity index (χ1n) is 8.37. The van der Waals surface area contributed by atoms with Gasteiger partial charge in [0, 0.05) is 26.0 Å². The number of para-hydroxylation sites is 1. The second-order valence-electron chi connectivity index (χ2n) is 6.80. The molecule has 0 atom stereocenters. The van der Waals surface area contributed by atoms with Gasteiger partial charge in [-0.3, -0.25) is 0 Å². The Morgan fingerprint density at radius 2 is 2.00 bits per heavy atom. The summed E-state index contributed by atoms with van der Waals surface area (Å²) in [5.74, 6) is 1.62. The molecule has 25 heavy (non-hydrogen) atoms. The summed E-state index contributed by atoms with van der Waals surface area (Å²) in [4.78, 5) is 22.5. The topological polar surface area (TPSA) is 89.1 Å². The maximum Gasteiger partial charge on any atom is 0.317 e. The van der Waals surface area contributed by atoms with Gasteiger partial charge in [0.05, 0.1) is 17.6 Å². The van der Waals surface area contributed by atoms with Gasteiger partial charge in [0.25, 0.3) is 0 Å². The van der Waals surface area contributed by atoms with Crippen LogP contribution in [0.5, 0.6) is 0 Å². The van der Waals surface area contributed by atoms with Crippen LogP contribution in [0.25, 0.3) is 21.9 Å². The Kier molecular flexibility index (Phi) is 4.48. The number of nitrogen functional groups attached to an aromatic ring is 1. The third-order valence-corrected chi connectivity index (χ3v) is 4.04. The molecule has 0 saturated heterocycles. The quantitative estimate of drug-likeness (QED) is 0.764. The maximum atomic E-state index is 11.9. The Hall–Kier alpha value is -2.83. The molecule has 0 unspecified atom stereocenters. The maximum absolute atomic E-state index is 11.9. The van der Waals surface area contributed by atoms with E-state index in [1.54, 1.807) is 14.1 Å². The molecule has 1 aromatic carbocycles. The summed E-state index contributed by atoms with van der Waals surface area (Å²) in [6, 6.07) is 7.76. The zero-order valence-corrected chi connectivity index (χ0v) is 15.1. The van der Waals surface area contributed by atoms with Gasteiger partial charge in [-0.05, 0) is 12.0 Å². The molecule has 7 nitrogen and oxygen atoms in total. The van der Waals surface area contributed by atoms with Crippen molar-refractivity contribution >= 4 is 33.8 Å². The Morgan fingerprint density at radius 1 is 1.28 bits per heavy atom. The van der Waals surface area contributed by atoms with Crippen molar-refractivity contribution in [3.8, 4) is 0 Å². The molecule has 3 rings (SSSR count). The van der Waals surface area contributed by atoms with Crippen molar-refractivity contribution in [2.24, 2.45) is 5.92 Å². The number of nitrogens with zero attached hydrogens (tertiary/aromatic N) is 4. The van der Waals surface area contributed by atoms with Crippen molar-refractivity contribution in [2.45, 2.75) is 26.9 Å². The molecule has 3 N–H and O–H groups in total. The van der Waals surface area contributed by atoms with Crippen LogP contribution in [-0.4, -0.2) is 39.6 Å². The number of carbonyl (C=O) groups excluding carboxylic acids is 1. The molecule has 0 aliphatic heterocycles.